The Kier molecular flexibility index (Phi) is 3.94. The van der Waals surface area contributed by atoms with E-state index >= 15 is 0 Å². The quantitative estimate of drug-likeness (QED) is 0.585. The monoisotopic (exact) mass is 281 g/mol. The van der Waals surface area contributed by atoms with Crippen LogP contribution in [0, 0.1) is 23.2 Å². The molecule has 1 amide bonds. The first-order chi connectivity index (χ1) is 8.73. The number of nitrogens with zero attached hydrogens (tertiary/aromatic N) is 1. The fourth-order valence-electron chi connectivity index (χ4n) is 3.25. The van der Waals surface area contributed by atoms with Crippen LogP contribution in [-0.2, 0) is 9.22 Å². The van der Waals surface area contributed by atoms with Gasteiger partial charge in [0.1, 0.15) is 0 Å². The molecular weight excluding hydrogens is 254 g/mol. The molecule has 0 N–H and O–H groups in total. The molecule has 4 heteroatoms. The molecule has 1 saturated heterocycles. The minimum Gasteiger partial charge on any atom is -0.420 e. The van der Waals surface area contributed by atoms with Crippen LogP contribution in [0.3, 0.4) is 0 Å². The third-order valence-corrected chi connectivity index (χ3v) is 5.33. The number of rotatable bonds is 4. The Hall–Kier alpha value is -0.613. The molecule has 0 aromatic rings. The van der Waals surface area contributed by atoms with Crippen molar-refractivity contribution in [1.29, 1.82) is 0 Å². The summed E-state index contributed by atoms with van der Waals surface area (Å²) >= 11 is 0. The zero-order valence-electron chi connectivity index (χ0n) is 13.0. The van der Waals surface area contributed by atoms with E-state index in [0.29, 0.717) is 23.8 Å². The topological polar surface area (TPSA) is 29.5 Å². The van der Waals surface area contributed by atoms with E-state index in [4.69, 9.17) is 4.43 Å². The van der Waals surface area contributed by atoms with Crippen molar-refractivity contribution < 1.29 is 9.22 Å². The molecule has 2 aliphatic heterocycles. The van der Waals surface area contributed by atoms with Gasteiger partial charge in [0.2, 0.25) is 5.91 Å². The number of carbonyl (C=O) groups excluding carboxylic acids is 1. The third kappa shape index (κ3) is 2.65. The molecule has 19 heavy (non-hydrogen) atoms. The molecule has 4 atom stereocenters. The molecule has 2 rings (SSSR count). The van der Waals surface area contributed by atoms with Gasteiger partial charge < -0.3 is 9.33 Å². The first-order valence-corrected chi connectivity index (χ1v) is 10.1. The normalized spacial score (nSPS) is 31.6. The summed E-state index contributed by atoms with van der Waals surface area (Å²) in [4.78, 5) is 14.3. The van der Waals surface area contributed by atoms with E-state index in [1.54, 1.807) is 0 Å². The molecule has 0 bridgehead atoms. The lowest BCUT2D eigenvalue weighted by Gasteiger charge is -2.51. The van der Waals surface area contributed by atoms with Gasteiger partial charge in [-0.2, -0.15) is 0 Å². The van der Waals surface area contributed by atoms with E-state index in [2.05, 4.69) is 46.9 Å². The maximum atomic E-state index is 12.4. The van der Waals surface area contributed by atoms with Crippen LogP contribution in [0.2, 0.25) is 13.1 Å². The fraction of sp³-hybridized carbons (Fsp3) is 0.800. The standard InChI is InChI=1S/C15H27NO2Si/c1-10-7-8-16-13(10)12(14(16)17)11(15(2,3)4)9-18-19(5)6/h7-8,10-13,19H,9H2,1-6H3. The van der Waals surface area contributed by atoms with Crippen molar-refractivity contribution in [1.82, 2.24) is 4.90 Å². The number of carbonyl (C=O) groups is 1. The highest BCUT2D eigenvalue weighted by molar-refractivity contribution is 6.48. The van der Waals surface area contributed by atoms with Crippen LogP contribution in [-0.4, -0.2) is 32.5 Å². The van der Waals surface area contributed by atoms with E-state index in [1.165, 1.54) is 0 Å². The van der Waals surface area contributed by atoms with Crippen LogP contribution in [0.1, 0.15) is 27.7 Å². The van der Waals surface area contributed by atoms with Gasteiger partial charge in [-0.3, -0.25) is 4.79 Å². The van der Waals surface area contributed by atoms with Crippen LogP contribution >= 0.6 is 0 Å². The highest BCUT2D eigenvalue weighted by Crippen LogP contribution is 2.47. The van der Waals surface area contributed by atoms with Crippen molar-refractivity contribution in [3.63, 3.8) is 0 Å². The molecule has 108 valence electrons. The van der Waals surface area contributed by atoms with Gasteiger partial charge in [-0.25, -0.2) is 0 Å². The Balaban J connectivity index is 2.13. The first-order valence-electron chi connectivity index (χ1n) is 7.35. The molecule has 0 radical (unpaired) electrons. The maximum Gasteiger partial charge on any atom is 0.232 e. The maximum absolute atomic E-state index is 12.4. The SMILES string of the molecule is CC1C=CN2C(=O)C(C(CO[SiH](C)C)C(C)(C)C)C12. The third-order valence-electron chi connectivity index (χ3n) is 4.47. The minimum atomic E-state index is -1.03. The second-order valence-corrected chi connectivity index (χ2v) is 9.75. The van der Waals surface area contributed by atoms with Crippen molar-refractivity contribution in [3.05, 3.63) is 12.3 Å². The Morgan fingerprint density at radius 1 is 1.42 bits per heavy atom. The molecule has 0 saturated carbocycles. The van der Waals surface area contributed by atoms with Crippen molar-refractivity contribution in [2.45, 2.75) is 46.8 Å². The summed E-state index contributed by atoms with van der Waals surface area (Å²) in [6, 6.07) is 0.370. The van der Waals surface area contributed by atoms with E-state index < -0.39 is 9.04 Å². The highest BCUT2D eigenvalue weighted by Gasteiger charge is 2.56. The molecule has 0 spiro atoms. The zero-order chi connectivity index (χ0) is 14.4. The van der Waals surface area contributed by atoms with Crippen molar-refractivity contribution in [2.24, 2.45) is 23.2 Å². The number of hydrogen-bond acceptors (Lipinski definition) is 2. The van der Waals surface area contributed by atoms with Crippen molar-refractivity contribution >= 4 is 14.9 Å². The molecule has 0 aromatic heterocycles. The average Bonchev–Trinajstić information content (AvgIpc) is 2.59. The van der Waals surface area contributed by atoms with Crippen molar-refractivity contribution in [2.75, 3.05) is 6.61 Å². The molecule has 2 aliphatic rings. The summed E-state index contributed by atoms with van der Waals surface area (Å²) in [6.45, 7) is 14.0. The van der Waals surface area contributed by atoms with Gasteiger partial charge in [-0.15, -0.1) is 0 Å². The number of amides is 1. The van der Waals surface area contributed by atoms with Crippen LogP contribution in [0.4, 0.5) is 0 Å². The predicted molar refractivity (Wildman–Crippen MR) is 80.2 cm³/mol. The van der Waals surface area contributed by atoms with Crippen LogP contribution in [0.5, 0.6) is 0 Å². The zero-order valence-corrected chi connectivity index (χ0v) is 14.2. The van der Waals surface area contributed by atoms with E-state index in [9.17, 15) is 4.79 Å². The van der Waals surface area contributed by atoms with Crippen LogP contribution in [0.25, 0.3) is 0 Å². The smallest absolute Gasteiger partial charge is 0.232 e. The Labute approximate surface area is 118 Å². The summed E-state index contributed by atoms with van der Waals surface area (Å²) in [7, 11) is -1.03. The van der Waals surface area contributed by atoms with Gasteiger partial charge >= 0.3 is 0 Å². The summed E-state index contributed by atoms with van der Waals surface area (Å²) in [5, 5.41) is 0. The summed E-state index contributed by atoms with van der Waals surface area (Å²) < 4.78 is 5.97. The highest BCUT2D eigenvalue weighted by atomic mass is 28.3. The van der Waals surface area contributed by atoms with Crippen LogP contribution in [0.15, 0.2) is 12.3 Å². The van der Waals surface area contributed by atoms with Crippen LogP contribution < -0.4 is 0 Å². The van der Waals surface area contributed by atoms with Gasteiger partial charge in [-0.05, 0) is 30.3 Å². The van der Waals surface area contributed by atoms with Gasteiger partial charge in [-0.1, -0.05) is 33.8 Å². The molecular formula is C15H27NO2Si. The molecule has 0 aliphatic carbocycles. The fourth-order valence-corrected chi connectivity index (χ4v) is 3.84. The Bertz CT molecular complexity index is 386. The van der Waals surface area contributed by atoms with E-state index in [-0.39, 0.29) is 11.3 Å². The van der Waals surface area contributed by atoms with Gasteiger partial charge in [0.15, 0.2) is 9.04 Å². The number of β-lactam (4-membered cyclic amide) rings is 1. The first kappa shape index (κ1) is 14.8. The second kappa shape index (κ2) is 5.06. The molecule has 2 heterocycles. The molecule has 1 fully saturated rings. The van der Waals surface area contributed by atoms with Gasteiger partial charge in [0.05, 0.1) is 12.0 Å². The van der Waals surface area contributed by atoms with Crippen molar-refractivity contribution in [3.8, 4) is 0 Å². The van der Waals surface area contributed by atoms with E-state index in [0.717, 1.165) is 6.61 Å². The summed E-state index contributed by atoms with van der Waals surface area (Å²) in [5.74, 6) is 1.22. The van der Waals surface area contributed by atoms with E-state index in [1.807, 2.05) is 11.1 Å². The Morgan fingerprint density at radius 3 is 2.58 bits per heavy atom. The predicted octanol–water partition coefficient (Wildman–Crippen LogP) is 2.64. The average molecular weight is 281 g/mol. The Morgan fingerprint density at radius 2 is 2.05 bits per heavy atom. The lowest BCUT2D eigenvalue weighted by atomic mass is 9.65. The minimum absolute atomic E-state index is 0.109. The molecule has 3 nitrogen and oxygen atoms in total. The lowest BCUT2D eigenvalue weighted by Crippen LogP contribution is -2.63. The van der Waals surface area contributed by atoms with Gasteiger partial charge in [0, 0.05) is 12.8 Å². The lowest BCUT2D eigenvalue weighted by molar-refractivity contribution is -0.160. The summed E-state index contributed by atoms with van der Waals surface area (Å²) in [6.07, 6.45) is 4.12. The molecule has 0 aromatic carbocycles. The largest absolute Gasteiger partial charge is 0.420 e. The number of fused-ring (bicyclic) bond motifs is 1. The number of hydrogen-bond donors (Lipinski definition) is 0. The van der Waals surface area contributed by atoms with Gasteiger partial charge in [0.25, 0.3) is 0 Å². The second-order valence-electron chi connectivity index (χ2n) is 7.32. The summed E-state index contributed by atoms with van der Waals surface area (Å²) in [5.41, 5.74) is 0.109. The molecule has 4 unspecified atom stereocenters.